The van der Waals surface area contributed by atoms with Crippen LogP contribution >= 0.6 is 11.8 Å². The minimum absolute atomic E-state index is 0.120. The van der Waals surface area contributed by atoms with Gasteiger partial charge < -0.3 is 5.32 Å². The summed E-state index contributed by atoms with van der Waals surface area (Å²) in [7, 11) is 0. The maximum Gasteiger partial charge on any atom is 0.0835 e. The van der Waals surface area contributed by atoms with E-state index in [0.29, 0.717) is 0 Å². The molecule has 1 N–H and O–H groups in total. The Hall–Kier alpha value is -1.81. The Morgan fingerprint density at radius 2 is 2.05 bits per heavy atom. The van der Waals surface area contributed by atoms with E-state index in [1.54, 1.807) is 24.2 Å². The van der Waals surface area contributed by atoms with Gasteiger partial charge in [-0.25, -0.2) is 0 Å². The average Bonchev–Trinajstić information content (AvgIpc) is 2.46. The zero-order chi connectivity index (χ0) is 14.4. The molecule has 2 rings (SSSR count). The molecule has 1 aromatic heterocycles. The molecule has 0 aliphatic carbocycles. The highest BCUT2D eigenvalue weighted by Crippen LogP contribution is 2.29. The largest absolute Gasteiger partial charge is 0.376 e. The summed E-state index contributed by atoms with van der Waals surface area (Å²) in [5, 5.41) is 3.52. The van der Waals surface area contributed by atoms with E-state index in [4.69, 9.17) is 0 Å². The van der Waals surface area contributed by atoms with Crippen LogP contribution in [-0.2, 0) is 0 Å². The van der Waals surface area contributed by atoms with Crippen molar-refractivity contribution >= 4 is 17.4 Å². The minimum atomic E-state index is 0.120. The summed E-state index contributed by atoms with van der Waals surface area (Å²) in [6.45, 7) is 7.85. The van der Waals surface area contributed by atoms with Crippen molar-refractivity contribution in [2.75, 3.05) is 11.1 Å². The van der Waals surface area contributed by atoms with Gasteiger partial charge in [0.25, 0.3) is 0 Å². The Morgan fingerprint density at radius 3 is 2.80 bits per heavy atom. The van der Waals surface area contributed by atoms with Gasteiger partial charge in [0, 0.05) is 28.7 Å². The normalized spacial score (nSPS) is 11.9. The van der Waals surface area contributed by atoms with Crippen molar-refractivity contribution in [1.29, 1.82) is 0 Å². The van der Waals surface area contributed by atoms with E-state index < -0.39 is 0 Å². The van der Waals surface area contributed by atoms with Crippen LogP contribution < -0.4 is 5.32 Å². The molecule has 20 heavy (non-hydrogen) atoms. The van der Waals surface area contributed by atoms with Gasteiger partial charge in [-0.15, -0.1) is 18.3 Å². The number of thioether (sulfide) groups is 1. The topological polar surface area (TPSA) is 37.8 Å². The average molecular weight is 285 g/mol. The highest BCUT2D eigenvalue weighted by atomic mass is 32.2. The van der Waals surface area contributed by atoms with E-state index in [1.807, 2.05) is 19.1 Å². The summed E-state index contributed by atoms with van der Waals surface area (Å²) in [4.78, 5) is 9.93. The van der Waals surface area contributed by atoms with Crippen molar-refractivity contribution in [3.05, 3.63) is 60.7 Å². The third kappa shape index (κ3) is 3.61. The van der Waals surface area contributed by atoms with Crippen molar-refractivity contribution in [3.8, 4) is 0 Å². The molecule has 3 nitrogen and oxygen atoms in total. The lowest BCUT2D eigenvalue weighted by atomic mass is 10.1. The number of hydrogen-bond acceptors (Lipinski definition) is 4. The molecule has 0 amide bonds. The van der Waals surface area contributed by atoms with Crippen LogP contribution in [0, 0.1) is 6.92 Å². The Bertz CT molecular complexity index is 583. The lowest BCUT2D eigenvalue weighted by Crippen LogP contribution is -2.11. The van der Waals surface area contributed by atoms with Gasteiger partial charge in [0.2, 0.25) is 0 Å². The van der Waals surface area contributed by atoms with Crippen LogP contribution in [0.4, 0.5) is 5.69 Å². The van der Waals surface area contributed by atoms with E-state index in [9.17, 15) is 0 Å². The molecular formula is C16H19N3S. The number of aromatic nitrogens is 2. The molecule has 1 unspecified atom stereocenters. The van der Waals surface area contributed by atoms with Gasteiger partial charge in [0.05, 0.1) is 17.4 Å². The third-order valence-electron chi connectivity index (χ3n) is 2.95. The number of nitrogens with zero attached hydrogens (tertiary/aromatic N) is 2. The molecule has 0 aliphatic rings. The zero-order valence-electron chi connectivity index (χ0n) is 11.8. The minimum Gasteiger partial charge on any atom is -0.376 e. The molecule has 0 bridgehead atoms. The van der Waals surface area contributed by atoms with Gasteiger partial charge in [-0.1, -0.05) is 18.2 Å². The van der Waals surface area contributed by atoms with E-state index in [2.05, 4.69) is 47.0 Å². The second kappa shape index (κ2) is 7.10. The van der Waals surface area contributed by atoms with Gasteiger partial charge in [0.1, 0.15) is 0 Å². The first-order valence-electron chi connectivity index (χ1n) is 6.59. The molecule has 0 radical (unpaired) electrons. The van der Waals surface area contributed by atoms with Crippen molar-refractivity contribution < 1.29 is 0 Å². The first-order valence-corrected chi connectivity index (χ1v) is 7.57. The summed E-state index contributed by atoms with van der Waals surface area (Å²) in [5.74, 6) is 0.900. The summed E-state index contributed by atoms with van der Waals surface area (Å²) in [6, 6.07) is 8.42. The summed E-state index contributed by atoms with van der Waals surface area (Å²) in [5.41, 5.74) is 3.07. The SMILES string of the molecule is C=CCSc1ccccc1NC(C)c1nccnc1C. The molecule has 2 aromatic rings. The molecule has 1 atom stereocenters. The maximum absolute atomic E-state index is 4.42. The Balaban J connectivity index is 2.17. The maximum atomic E-state index is 4.42. The fourth-order valence-corrected chi connectivity index (χ4v) is 2.76. The molecule has 1 heterocycles. The number of anilines is 1. The van der Waals surface area contributed by atoms with Crippen LogP contribution in [0.3, 0.4) is 0 Å². The molecule has 1 aromatic carbocycles. The Kier molecular flexibility index (Phi) is 5.18. The Morgan fingerprint density at radius 1 is 1.30 bits per heavy atom. The molecule has 0 spiro atoms. The smallest absolute Gasteiger partial charge is 0.0835 e. The van der Waals surface area contributed by atoms with Crippen LogP contribution in [0.5, 0.6) is 0 Å². The van der Waals surface area contributed by atoms with Gasteiger partial charge in [-0.2, -0.15) is 0 Å². The van der Waals surface area contributed by atoms with Crippen LogP contribution in [0.15, 0.2) is 54.2 Å². The summed E-state index contributed by atoms with van der Waals surface area (Å²) < 4.78 is 0. The second-order valence-electron chi connectivity index (χ2n) is 4.49. The predicted molar refractivity (Wildman–Crippen MR) is 86.2 cm³/mol. The summed E-state index contributed by atoms with van der Waals surface area (Å²) in [6.07, 6.45) is 5.37. The third-order valence-corrected chi connectivity index (χ3v) is 4.01. The van der Waals surface area contributed by atoms with E-state index in [1.165, 1.54) is 4.90 Å². The van der Waals surface area contributed by atoms with Gasteiger partial charge >= 0.3 is 0 Å². The lowest BCUT2D eigenvalue weighted by molar-refractivity contribution is 0.807. The van der Waals surface area contributed by atoms with Crippen molar-refractivity contribution in [2.24, 2.45) is 0 Å². The van der Waals surface area contributed by atoms with Crippen LogP contribution in [0.1, 0.15) is 24.4 Å². The van der Waals surface area contributed by atoms with Crippen LogP contribution in [-0.4, -0.2) is 15.7 Å². The highest BCUT2D eigenvalue weighted by molar-refractivity contribution is 7.99. The van der Waals surface area contributed by atoms with Gasteiger partial charge in [0.15, 0.2) is 0 Å². The first kappa shape index (κ1) is 14.6. The number of para-hydroxylation sites is 1. The zero-order valence-corrected chi connectivity index (χ0v) is 12.7. The lowest BCUT2D eigenvalue weighted by Gasteiger charge is -2.18. The van der Waals surface area contributed by atoms with Gasteiger partial charge in [-0.05, 0) is 26.0 Å². The van der Waals surface area contributed by atoms with Crippen molar-refractivity contribution in [2.45, 2.75) is 24.8 Å². The van der Waals surface area contributed by atoms with Gasteiger partial charge in [-0.3, -0.25) is 9.97 Å². The van der Waals surface area contributed by atoms with Crippen molar-refractivity contribution in [1.82, 2.24) is 9.97 Å². The molecule has 0 fully saturated rings. The Labute approximate surface area is 124 Å². The van der Waals surface area contributed by atoms with Crippen molar-refractivity contribution in [3.63, 3.8) is 0 Å². The monoisotopic (exact) mass is 285 g/mol. The first-order chi connectivity index (χ1) is 9.72. The standard InChI is InChI=1S/C16H19N3S/c1-4-11-20-15-8-6-5-7-14(15)19-13(3)16-12(2)17-9-10-18-16/h4-10,13,19H,1,11H2,2-3H3. The summed E-state index contributed by atoms with van der Waals surface area (Å²) >= 11 is 1.77. The number of nitrogens with one attached hydrogen (secondary N) is 1. The predicted octanol–water partition coefficient (Wildman–Crippen LogP) is 4.24. The fraction of sp³-hybridized carbons (Fsp3) is 0.250. The molecular weight excluding hydrogens is 266 g/mol. The fourth-order valence-electron chi connectivity index (χ4n) is 2.01. The quantitative estimate of drug-likeness (QED) is 0.636. The number of hydrogen-bond donors (Lipinski definition) is 1. The molecule has 104 valence electrons. The number of aryl methyl sites for hydroxylation is 1. The van der Waals surface area contributed by atoms with E-state index in [0.717, 1.165) is 22.8 Å². The molecule has 0 saturated heterocycles. The molecule has 0 aliphatic heterocycles. The van der Waals surface area contributed by atoms with E-state index >= 15 is 0 Å². The van der Waals surface area contributed by atoms with Crippen LogP contribution in [0.2, 0.25) is 0 Å². The molecule has 4 heteroatoms. The second-order valence-corrected chi connectivity index (χ2v) is 5.55. The number of benzene rings is 1. The number of rotatable bonds is 6. The highest BCUT2D eigenvalue weighted by Gasteiger charge is 2.12. The molecule has 0 saturated carbocycles. The van der Waals surface area contributed by atoms with E-state index in [-0.39, 0.29) is 6.04 Å². The van der Waals surface area contributed by atoms with Crippen LogP contribution in [0.25, 0.3) is 0 Å².